The van der Waals surface area contributed by atoms with Crippen LogP contribution in [0, 0.1) is 0 Å². The first-order valence-electron chi connectivity index (χ1n) is 6.14. The Morgan fingerprint density at radius 2 is 2.06 bits per heavy atom. The quantitative estimate of drug-likeness (QED) is 0.820. The molecule has 0 aliphatic heterocycles. The van der Waals surface area contributed by atoms with Crippen molar-refractivity contribution >= 4 is 17.7 Å². The predicted octanol–water partition coefficient (Wildman–Crippen LogP) is 2.33. The maximum atomic E-state index is 11.1. The van der Waals surface area contributed by atoms with E-state index in [0.717, 1.165) is 17.7 Å². The Hall–Kier alpha value is -1.00. The molecule has 0 saturated heterocycles. The molecule has 18 heavy (non-hydrogen) atoms. The van der Waals surface area contributed by atoms with Gasteiger partial charge >= 0.3 is 5.97 Å². The molecule has 0 saturated carbocycles. The Kier molecular flexibility index (Phi) is 3.69. The molecule has 2 N–H and O–H groups in total. The van der Waals surface area contributed by atoms with Crippen LogP contribution in [-0.2, 0) is 17.6 Å². The zero-order chi connectivity index (χ0) is 13.3. The van der Waals surface area contributed by atoms with Crippen LogP contribution in [0.3, 0.4) is 0 Å². The van der Waals surface area contributed by atoms with Crippen molar-refractivity contribution in [2.75, 3.05) is 7.05 Å². The molecule has 0 aromatic heterocycles. The van der Waals surface area contributed by atoms with Crippen LogP contribution in [-0.4, -0.2) is 28.9 Å². The van der Waals surface area contributed by atoms with E-state index in [1.807, 2.05) is 13.1 Å². The smallest absolute Gasteiger partial charge is 0.319 e. The molecule has 1 aliphatic rings. The van der Waals surface area contributed by atoms with Crippen LogP contribution >= 0.6 is 11.8 Å². The predicted molar refractivity (Wildman–Crippen MR) is 74.3 cm³/mol. The SMILES string of the molecule is CNC1Cc2ccc(SC(C)(C)C(=O)O)cc2C1. The van der Waals surface area contributed by atoms with Crippen LogP contribution in [0.5, 0.6) is 0 Å². The molecule has 98 valence electrons. The number of carboxylic acids is 1. The molecule has 0 heterocycles. The fourth-order valence-corrected chi connectivity index (χ4v) is 3.21. The second kappa shape index (κ2) is 4.94. The van der Waals surface area contributed by atoms with E-state index in [9.17, 15) is 4.79 Å². The highest BCUT2D eigenvalue weighted by Gasteiger charge is 2.29. The van der Waals surface area contributed by atoms with Gasteiger partial charge < -0.3 is 10.4 Å². The molecule has 1 atom stereocenters. The molecule has 0 fully saturated rings. The van der Waals surface area contributed by atoms with Crippen LogP contribution in [0.15, 0.2) is 23.1 Å². The number of carboxylic acid groups (broad SMARTS) is 1. The molecule has 0 bridgehead atoms. The minimum Gasteiger partial charge on any atom is -0.480 e. The van der Waals surface area contributed by atoms with Crippen molar-refractivity contribution in [2.24, 2.45) is 0 Å². The lowest BCUT2D eigenvalue weighted by Gasteiger charge is -2.18. The molecule has 3 nitrogen and oxygen atoms in total. The number of thioether (sulfide) groups is 1. The number of rotatable bonds is 4. The number of aliphatic carboxylic acids is 1. The summed E-state index contributed by atoms with van der Waals surface area (Å²) in [6, 6.07) is 6.83. The molecular formula is C14H19NO2S. The van der Waals surface area contributed by atoms with Gasteiger partial charge in [0.2, 0.25) is 0 Å². The lowest BCUT2D eigenvalue weighted by molar-refractivity contribution is -0.138. The topological polar surface area (TPSA) is 49.3 Å². The third kappa shape index (κ3) is 2.70. The monoisotopic (exact) mass is 265 g/mol. The van der Waals surface area contributed by atoms with Crippen molar-refractivity contribution in [1.29, 1.82) is 0 Å². The van der Waals surface area contributed by atoms with Crippen molar-refractivity contribution in [3.63, 3.8) is 0 Å². The summed E-state index contributed by atoms with van der Waals surface area (Å²) in [5.41, 5.74) is 2.73. The minimum atomic E-state index is -0.782. The maximum absolute atomic E-state index is 11.1. The van der Waals surface area contributed by atoms with Crippen molar-refractivity contribution in [2.45, 2.75) is 42.4 Å². The molecular weight excluding hydrogens is 246 g/mol. The number of hydrogen-bond donors (Lipinski definition) is 2. The summed E-state index contributed by atoms with van der Waals surface area (Å²) in [5, 5.41) is 12.4. The summed E-state index contributed by atoms with van der Waals surface area (Å²) in [6.07, 6.45) is 2.10. The normalized spacial score (nSPS) is 18.7. The van der Waals surface area contributed by atoms with Gasteiger partial charge in [-0.25, -0.2) is 0 Å². The van der Waals surface area contributed by atoms with Crippen molar-refractivity contribution in [3.8, 4) is 0 Å². The molecule has 1 aromatic carbocycles. The van der Waals surface area contributed by atoms with Crippen LogP contribution < -0.4 is 5.32 Å². The molecule has 1 unspecified atom stereocenters. The van der Waals surface area contributed by atoms with Crippen LogP contribution in [0.25, 0.3) is 0 Å². The number of hydrogen-bond acceptors (Lipinski definition) is 3. The van der Waals surface area contributed by atoms with E-state index in [2.05, 4.69) is 17.4 Å². The number of carbonyl (C=O) groups is 1. The summed E-state index contributed by atoms with van der Waals surface area (Å²) in [7, 11) is 1.99. The van der Waals surface area contributed by atoms with Gasteiger partial charge in [-0.05, 0) is 57.0 Å². The van der Waals surface area contributed by atoms with Gasteiger partial charge in [-0.3, -0.25) is 4.79 Å². The van der Waals surface area contributed by atoms with E-state index in [-0.39, 0.29) is 0 Å². The molecule has 1 aromatic rings. The molecule has 1 aliphatic carbocycles. The van der Waals surface area contributed by atoms with Gasteiger partial charge in [-0.1, -0.05) is 6.07 Å². The minimum absolute atomic E-state index is 0.521. The van der Waals surface area contributed by atoms with Crippen LogP contribution in [0.4, 0.5) is 0 Å². The molecule has 0 radical (unpaired) electrons. The molecule has 0 spiro atoms. The fraction of sp³-hybridized carbons (Fsp3) is 0.500. The third-order valence-corrected chi connectivity index (χ3v) is 4.58. The number of fused-ring (bicyclic) bond motifs is 1. The van der Waals surface area contributed by atoms with E-state index in [0.29, 0.717) is 6.04 Å². The Labute approximate surface area is 112 Å². The summed E-state index contributed by atoms with van der Waals surface area (Å²) < 4.78 is -0.782. The summed E-state index contributed by atoms with van der Waals surface area (Å²) >= 11 is 1.41. The lowest BCUT2D eigenvalue weighted by Crippen LogP contribution is -2.26. The average molecular weight is 265 g/mol. The first kappa shape index (κ1) is 13.4. The van der Waals surface area contributed by atoms with Gasteiger partial charge in [0.15, 0.2) is 0 Å². The number of likely N-dealkylation sites (N-methyl/N-ethyl adjacent to an activating group) is 1. The highest BCUT2D eigenvalue weighted by Crippen LogP contribution is 2.35. The Balaban J connectivity index is 2.17. The summed E-state index contributed by atoms with van der Waals surface area (Å²) in [4.78, 5) is 12.2. The van der Waals surface area contributed by atoms with Gasteiger partial charge in [0.05, 0.1) is 0 Å². The number of nitrogens with one attached hydrogen (secondary N) is 1. The van der Waals surface area contributed by atoms with Crippen molar-refractivity contribution < 1.29 is 9.90 Å². The lowest BCUT2D eigenvalue weighted by atomic mass is 10.1. The standard InChI is InChI=1S/C14H19NO2S/c1-14(2,13(16)17)18-12-5-4-9-6-11(15-3)7-10(9)8-12/h4-5,8,11,15H,6-7H2,1-3H3,(H,16,17). The molecule has 2 rings (SSSR count). The van der Waals surface area contributed by atoms with Gasteiger partial charge in [-0.2, -0.15) is 0 Å². The van der Waals surface area contributed by atoms with Gasteiger partial charge in [0.25, 0.3) is 0 Å². The Morgan fingerprint density at radius 1 is 1.39 bits per heavy atom. The second-order valence-corrected chi connectivity index (χ2v) is 6.94. The Bertz CT molecular complexity index is 471. The first-order valence-corrected chi connectivity index (χ1v) is 6.95. The molecule has 0 amide bonds. The van der Waals surface area contributed by atoms with Gasteiger partial charge in [-0.15, -0.1) is 11.8 Å². The first-order chi connectivity index (χ1) is 8.42. The number of benzene rings is 1. The van der Waals surface area contributed by atoms with Crippen LogP contribution in [0.2, 0.25) is 0 Å². The van der Waals surface area contributed by atoms with Gasteiger partial charge in [0, 0.05) is 10.9 Å². The fourth-order valence-electron chi connectivity index (χ4n) is 2.20. The zero-order valence-corrected chi connectivity index (χ0v) is 11.8. The Morgan fingerprint density at radius 3 is 2.67 bits per heavy atom. The van der Waals surface area contributed by atoms with E-state index in [1.165, 1.54) is 22.9 Å². The highest BCUT2D eigenvalue weighted by atomic mass is 32.2. The van der Waals surface area contributed by atoms with Crippen LogP contribution in [0.1, 0.15) is 25.0 Å². The van der Waals surface area contributed by atoms with E-state index in [1.54, 1.807) is 13.8 Å². The van der Waals surface area contributed by atoms with E-state index >= 15 is 0 Å². The summed E-state index contributed by atoms with van der Waals surface area (Å²) in [5.74, 6) is -0.777. The largest absolute Gasteiger partial charge is 0.480 e. The molecule has 4 heteroatoms. The average Bonchev–Trinajstić information content (AvgIpc) is 2.70. The summed E-state index contributed by atoms with van der Waals surface area (Å²) in [6.45, 7) is 3.48. The van der Waals surface area contributed by atoms with Gasteiger partial charge in [0.1, 0.15) is 4.75 Å². The van der Waals surface area contributed by atoms with Crippen molar-refractivity contribution in [3.05, 3.63) is 29.3 Å². The van der Waals surface area contributed by atoms with E-state index < -0.39 is 10.7 Å². The maximum Gasteiger partial charge on any atom is 0.319 e. The zero-order valence-electron chi connectivity index (χ0n) is 11.0. The highest BCUT2D eigenvalue weighted by molar-refractivity contribution is 8.01. The van der Waals surface area contributed by atoms with E-state index in [4.69, 9.17) is 5.11 Å². The van der Waals surface area contributed by atoms with Crippen molar-refractivity contribution in [1.82, 2.24) is 5.32 Å². The second-order valence-electron chi connectivity index (χ2n) is 5.24. The third-order valence-electron chi connectivity index (χ3n) is 3.41.